The van der Waals surface area contributed by atoms with E-state index in [1.165, 1.54) is 4.73 Å². The smallest absolute Gasteiger partial charge is 0.221 e. The summed E-state index contributed by atoms with van der Waals surface area (Å²) in [5.41, 5.74) is 1.34. The van der Waals surface area contributed by atoms with Gasteiger partial charge in [0.2, 0.25) is 12.4 Å². The molecule has 118 valence electrons. The van der Waals surface area contributed by atoms with Crippen LogP contribution < -0.4 is 9.57 Å². The second-order valence-corrected chi connectivity index (χ2v) is 4.72. The van der Waals surface area contributed by atoms with Gasteiger partial charge in [-0.15, -0.1) is 24.3 Å². The molecule has 3 nitrogen and oxygen atoms in total. The Balaban J connectivity index is 0.00000192. The molecule has 0 radical (unpaired) electrons. The van der Waals surface area contributed by atoms with Gasteiger partial charge in [0.15, 0.2) is 11.9 Å². The third-order valence-corrected chi connectivity index (χ3v) is 3.16. The molecule has 2 aromatic carbocycles. The first-order valence-electron chi connectivity index (χ1n) is 7.01. The molecule has 0 amide bonds. The largest absolute Gasteiger partial charge is 0.307 e. The van der Waals surface area contributed by atoms with Crippen LogP contribution in [0, 0.1) is 6.10 Å². The SMILES string of the molecule is O=C(c1ccccc1)[C-](O[n+]1ccccc1)c1ccccc1.[Pd]. The summed E-state index contributed by atoms with van der Waals surface area (Å²) in [5, 5.41) is 0. The number of hydrogen-bond donors (Lipinski definition) is 0. The zero-order valence-electron chi connectivity index (χ0n) is 12.2. The van der Waals surface area contributed by atoms with E-state index >= 15 is 0 Å². The van der Waals surface area contributed by atoms with E-state index in [2.05, 4.69) is 0 Å². The molecule has 4 heteroatoms. The Morgan fingerprint density at radius 2 is 1.30 bits per heavy atom. The molecule has 0 fully saturated rings. The van der Waals surface area contributed by atoms with Gasteiger partial charge >= 0.3 is 0 Å². The Kier molecular flexibility index (Phi) is 6.11. The predicted molar refractivity (Wildman–Crippen MR) is 82.8 cm³/mol. The Bertz CT molecular complexity index is 733. The van der Waals surface area contributed by atoms with Crippen molar-refractivity contribution in [2.75, 3.05) is 0 Å². The van der Waals surface area contributed by atoms with E-state index in [0.29, 0.717) is 11.7 Å². The summed E-state index contributed by atoms with van der Waals surface area (Å²) in [6, 6.07) is 24.1. The van der Waals surface area contributed by atoms with Gasteiger partial charge in [-0.1, -0.05) is 48.0 Å². The van der Waals surface area contributed by atoms with Crippen molar-refractivity contribution >= 4 is 5.78 Å². The number of carbonyl (C=O) groups is 1. The molecule has 0 aliphatic carbocycles. The van der Waals surface area contributed by atoms with E-state index in [9.17, 15) is 4.79 Å². The number of nitrogens with zero attached hydrogens (tertiary/aromatic N) is 1. The molecule has 0 N–H and O–H groups in total. The number of pyridine rings is 1. The molecule has 3 rings (SSSR count). The molecule has 0 unspecified atom stereocenters. The minimum atomic E-state index is -0.150. The second kappa shape index (κ2) is 8.28. The maximum absolute atomic E-state index is 12.8. The predicted octanol–water partition coefficient (Wildman–Crippen LogP) is 2.86. The average Bonchev–Trinajstić information content (AvgIpc) is 2.61. The quantitative estimate of drug-likeness (QED) is 0.288. The molecule has 0 aliphatic heterocycles. The van der Waals surface area contributed by atoms with Crippen LogP contribution in [0.15, 0.2) is 91.3 Å². The van der Waals surface area contributed by atoms with Crippen molar-refractivity contribution in [3.8, 4) is 0 Å². The fraction of sp³-hybridized carbons (Fsp3) is 0. The van der Waals surface area contributed by atoms with Gasteiger partial charge in [0.05, 0.1) is 0 Å². The fourth-order valence-electron chi connectivity index (χ4n) is 2.08. The van der Waals surface area contributed by atoms with E-state index in [0.717, 1.165) is 5.56 Å². The van der Waals surface area contributed by atoms with Gasteiger partial charge in [-0.25, -0.2) is 0 Å². The summed E-state index contributed by atoms with van der Waals surface area (Å²) >= 11 is 0. The third kappa shape index (κ3) is 4.29. The van der Waals surface area contributed by atoms with Crippen molar-refractivity contribution in [1.29, 1.82) is 0 Å². The molecular weight excluding hydrogens is 381 g/mol. The molecule has 0 atom stereocenters. The molecule has 0 saturated carbocycles. The molecule has 0 spiro atoms. The molecule has 0 bridgehead atoms. The Hall–Kier alpha value is -2.41. The van der Waals surface area contributed by atoms with Crippen LogP contribution >= 0.6 is 0 Å². The van der Waals surface area contributed by atoms with Gasteiger partial charge in [0.1, 0.15) is 0 Å². The number of benzene rings is 2. The number of carbonyl (C=O) groups excluding carboxylic acids is 1. The van der Waals surface area contributed by atoms with Crippen molar-refractivity contribution in [2.45, 2.75) is 0 Å². The first-order valence-corrected chi connectivity index (χ1v) is 7.01. The van der Waals surface area contributed by atoms with E-state index in [1.807, 2.05) is 66.7 Å². The summed E-state index contributed by atoms with van der Waals surface area (Å²) in [6.07, 6.45) is 3.80. The molecule has 1 heterocycles. The van der Waals surface area contributed by atoms with Gasteiger partial charge in [-0.3, -0.25) is 4.84 Å². The van der Waals surface area contributed by atoms with Crippen LogP contribution in [0.25, 0.3) is 0 Å². The van der Waals surface area contributed by atoms with Crippen LogP contribution in [-0.2, 0) is 20.4 Å². The van der Waals surface area contributed by atoms with E-state index in [-0.39, 0.29) is 26.2 Å². The monoisotopic (exact) mass is 395 g/mol. The number of aromatic nitrogens is 1. The Labute approximate surface area is 149 Å². The van der Waals surface area contributed by atoms with Crippen molar-refractivity contribution < 1.29 is 34.8 Å². The topological polar surface area (TPSA) is 30.2 Å². The standard InChI is InChI=1S/C19H15NO2.Pd/c21-18(16-10-4-1-5-11-16)19(17-12-6-2-7-13-17)22-20-14-8-3-9-15-20;/h1-15H;. The van der Waals surface area contributed by atoms with Crippen molar-refractivity contribution in [1.82, 2.24) is 0 Å². The van der Waals surface area contributed by atoms with Crippen molar-refractivity contribution in [2.24, 2.45) is 0 Å². The minimum absolute atomic E-state index is 0. The molecule has 0 saturated heterocycles. The van der Waals surface area contributed by atoms with Crippen LogP contribution in [0.3, 0.4) is 0 Å². The first-order chi connectivity index (χ1) is 10.8. The first kappa shape index (κ1) is 17.0. The number of Topliss-reactive ketones (excluding diaryl/α,β-unsaturated/α-hetero) is 1. The normalized spacial score (nSPS) is 9.57. The summed E-state index contributed by atoms with van der Waals surface area (Å²) in [7, 11) is 0. The van der Waals surface area contributed by atoms with Crippen LogP contribution in [0.4, 0.5) is 0 Å². The minimum Gasteiger partial charge on any atom is -0.307 e. The van der Waals surface area contributed by atoms with Crippen molar-refractivity contribution in [3.05, 3.63) is 108 Å². The fourth-order valence-corrected chi connectivity index (χ4v) is 2.08. The van der Waals surface area contributed by atoms with Crippen LogP contribution in [0.1, 0.15) is 15.9 Å². The number of ketones is 1. The van der Waals surface area contributed by atoms with E-state index in [4.69, 9.17) is 4.84 Å². The number of rotatable bonds is 5. The molecular formula is C19H15NO2Pd. The zero-order chi connectivity index (χ0) is 15.2. The number of hydrogen-bond acceptors (Lipinski definition) is 2. The van der Waals surface area contributed by atoms with Crippen LogP contribution in [0.2, 0.25) is 0 Å². The van der Waals surface area contributed by atoms with Gasteiger partial charge in [-0.05, 0) is 5.56 Å². The summed E-state index contributed by atoms with van der Waals surface area (Å²) in [5.74, 6) is -0.150. The average molecular weight is 396 g/mol. The maximum atomic E-state index is 12.8. The van der Waals surface area contributed by atoms with Gasteiger partial charge in [-0.2, -0.15) is 0 Å². The second-order valence-electron chi connectivity index (χ2n) is 4.72. The van der Waals surface area contributed by atoms with Crippen LogP contribution in [-0.4, -0.2) is 5.78 Å². The Morgan fingerprint density at radius 3 is 1.91 bits per heavy atom. The molecule has 23 heavy (non-hydrogen) atoms. The van der Waals surface area contributed by atoms with Gasteiger partial charge < -0.3 is 4.79 Å². The third-order valence-electron chi connectivity index (χ3n) is 3.16. The Morgan fingerprint density at radius 1 is 0.783 bits per heavy atom. The van der Waals surface area contributed by atoms with E-state index in [1.54, 1.807) is 24.5 Å². The molecule has 3 aromatic rings. The summed E-state index contributed by atoms with van der Waals surface area (Å²) in [4.78, 5) is 18.6. The van der Waals surface area contributed by atoms with Crippen molar-refractivity contribution in [3.63, 3.8) is 0 Å². The zero-order valence-corrected chi connectivity index (χ0v) is 13.8. The van der Waals surface area contributed by atoms with Gasteiger partial charge in [0.25, 0.3) is 0 Å². The van der Waals surface area contributed by atoms with Crippen LogP contribution in [0.5, 0.6) is 0 Å². The molecule has 0 aliphatic rings. The van der Waals surface area contributed by atoms with Gasteiger partial charge in [0, 0.05) is 37.3 Å². The summed E-state index contributed by atoms with van der Waals surface area (Å²) in [6.45, 7) is 0. The summed E-state index contributed by atoms with van der Waals surface area (Å²) < 4.78 is 1.52. The molecule has 1 aromatic heterocycles. The maximum Gasteiger partial charge on any atom is 0.221 e. The van der Waals surface area contributed by atoms with E-state index < -0.39 is 0 Å².